The fourth-order valence-electron chi connectivity index (χ4n) is 1.72. The number of nitro benzene ring substituents is 1. The van der Waals surface area contributed by atoms with E-state index in [4.69, 9.17) is 0 Å². The smallest absolute Gasteiger partial charge is 0.311 e. The molecule has 2 aromatic carbocycles. The average molecular weight is 459 g/mol. The number of para-hydroxylation sites is 1. The number of hydrogen-bond acceptors (Lipinski definition) is 6. The number of carbonyl (C=O) groups is 1. The summed E-state index contributed by atoms with van der Waals surface area (Å²) < 4.78 is 0.643. The minimum Gasteiger partial charge on any atom is -0.506 e. The van der Waals surface area contributed by atoms with Crippen LogP contribution in [0.4, 0.5) is 5.69 Å². The third kappa shape index (κ3) is 3.89. The van der Waals surface area contributed by atoms with Crippen molar-refractivity contribution >= 4 is 49.7 Å². The van der Waals surface area contributed by atoms with E-state index in [0.717, 1.165) is 12.3 Å². The standard InChI is InChI=1S/C14H9Br2N3O5/c15-9-4-8(5-10(16)13(9)21)14(22)18-17-6-7-2-1-3-11(12(7)20)19(23)24/h1-6,20-21H,(H,18,22)/b17-6-. The monoisotopic (exact) mass is 457 g/mol. The molecule has 0 aliphatic rings. The molecule has 0 aromatic heterocycles. The molecule has 0 aliphatic heterocycles. The summed E-state index contributed by atoms with van der Waals surface area (Å²) in [6.07, 6.45) is 1.09. The first kappa shape index (κ1) is 17.9. The summed E-state index contributed by atoms with van der Waals surface area (Å²) in [5.74, 6) is -1.16. The van der Waals surface area contributed by atoms with Crippen molar-refractivity contribution in [2.45, 2.75) is 0 Å². The van der Waals surface area contributed by atoms with Gasteiger partial charge in [-0.25, -0.2) is 5.43 Å². The van der Waals surface area contributed by atoms with Gasteiger partial charge in [-0.05, 0) is 50.1 Å². The second-order valence-corrected chi connectivity index (χ2v) is 6.17. The molecule has 124 valence electrons. The molecule has 0 fully saturated rings. The van der Waals surface area contributed by atoms with Gasteiger partial charge in [0.1, 0.15) is 5.75 Å². The van der Waals surface area contributed by atoms with Crippen LogP contribution in [-0.2, 0) is 0 Å². The molecule has 0 heterocycles. The molecule has 0 saturated heterocycles. The lowest BCUT2D eigenvalue weighted by atomic mass is 10.2. The number of nitrogens with zero attached hydrogens (tertiary/aromatic N) is 2. The van der Waals surface area contributed by atoms with Gasteiger partial charge in [-0.1, -0.05) is 6.07 Å². The van der Waals surface area contributed by atoms with Crippen LogP contribution in [0, 0.1) is 10.1 Å². The van der Waals surface area contributed by atoms with Gasteiger partial charge in [0, 0.05) is 17.2 Å². The minimum absolute atomic E-state index is 0.0448. The molecule has 1 amide bonds. The number of halogens is 2. The summed E-state index contributed by atoms with van der Waals surface area (Å²) >= 11 is 6.21. The third-order valence-electron chi connectivity index (χ3n) is 2.89. The van der Waals surface area contributed by atoms with E-state index in [1.165, 1.54) is 24.3 Å². The van der Waals surface area contributed by atoms with Crippen LogP contribution in [0.25, 0.3) is 0 Å². The summed E-state index contributed by atoms with van der Waals surface area (Å²) in [7, 11) is 0. The molecule has 3 N–H and O–H groups in total. The number of phenols is 2. The van der Waals surface area contributed by atoms with E-state index in [1.54, 1.807) is 0 Å². The van der Waals surface area contributed by atoms with Gasteiger partial charge in [-0.2, -0.15) is 5.10 Å². The minimum atomic E-state index is -0.725. The van der Waals surface area contributed by atoms with Crippen LogP contribution in [0.2, 0.25) is 0 Å². The SMILES string of the molecule is O=C(N/N=C\c1cccc([N+](=O)[O-])c1O)c1cc(Br)c(O)c(Br)c1. The third-order valence-corrected chi connectivity index (χ3v) is 4.10. The van der Waals surface area contributed by atoms with E-state index in [9.17, 15) is 25.1 Å². The predicted octanol–water partition coefficient (Wildman–Crippen LogP) is 3.29. The summed E-state index contributed by atoms with van der Waals surface area (Å²) in [5, 5.41) is 33.8. The fraction of sp³-hybridized carbons (Fsp3) is 0. The number of carbonyl (C=O) groups excluding carboxylic acids is 1. The summed E-state index contributed by atoms with van der Waals surface area (Å²) in [5.41, 5.74) is 2.06. The first-order valence-corrected chi connectivity index (χ1v) is 7.87. The van der Waals surface area contributed by atoms with Crippen molar-refractivity contribution in [3.05, 3.63) is 60.5 Å². The number of rotatable bonds is 4. The van der Waals surface area contributed by atoms with Crippen molar-refractivity contribution < 1.29 is 19.9 Å². The molecule has 0 aliphatic carbocycles. The van der Waals surface area contributed by atoms with E-state index < -0.39 is 22.3 Å². The van der Waals surface area contributed by atoms with E-state index >= 15 is 0 Å². The zero-order valence-corrected chi connectivity index (χ0v) is 14.9. The van der Waals surface area contributed by atoms with Crippen LogP contribution in [0.3, 0.4) is 0 Å². The number of nitro groups is 1. The maximum atomic E-state index is 12.0. The molecule has 0 unspecified atom stereocenters. The molecule has 0 spiro atoms. The van der Waals surface area contributed by atoms with Gasteiger partial charge in [0.15, 0.2) is 0 Å². The zero-order chi connectivity index (χ0) is 17.9. The Labute approximate surface area is 152 Å². The maximum Gasteiger partial charge on any atom is 0.311 e. The topological polar surface area (TPSA) is 125 Å². The van der Waals surface area contributed by atoms with E-state index in [0.29, 0.717) is 8.95 Å². The number of nitrogens with one attached hydrogen (secondary N) is 1. The molecule has 10 heteroatoms. The van der Waals surface area contributed by atoms with Gasteiger partial charge in [-0.3, -0.25) is 14.9 Å². The number of amides is 1. The highest BCUT2D eigenvalue weighted by atomic mass is 79.9. The zero-order valence-electron chi connectivity index (χ0n) is 11.7. The van der Waals surface area contributed by atoms with Crippen molar-refractivity contribution in [1.29, 1.82) is 0 Å². The lowest BCUT2D eigenvalue weighted by Crippen LogP contribution is -2.17. The molecular weight excluding hydrogens is 450 g/mol. The van der Waals surface area contributed by atoms with E-state index in [2.05, 4.69) is 42.4 Å². The van der Waals surface area contributed by atoms with Gasteiger partial charge >= 0.3 is 5.69 Å². The quantitative estimate of drug-likeness (QED) is 0.368. The number of hydrogen-bond donors (Lipinski definition) is 3. The Hall–Kier alpha value is -2.46. The van der Waals surface area contributed by atoms with Gasteiger partial charge < -0.3 is 10.2 Å². The van der Waals surface area contributed by atoms with Crippen LogP contribution < -0.4 is 5.43 Å². The van der Waals surface area contributed by atoms with E-state index in [-0.39, 0.29) is 16.9 Å². The molecule has 2 rings (SSSR count). The highest BCUT2D eigenvalue weighted by Crippen LogP contribution is 2.33. The number of phenolic OH excluding ortho intramolecular Hbond substituents is 2. The second kappa shape index (κ2) is 7.41. The van der Waals surface area contributed by atoms with E-state index in [1.807, 2.05) is 0 Å². The molecule has 0 radical (unpaired) electrons. The Morgan fingerprint density at radius 1 is 1.21 bits per heavy atom. The Morgan fingerprint density at radius 2 is 1.83 bits per heavy atom. The highest BCUT2D eigenvalue weighted by molar-refractivity contribution is 9.11. The molecule has 0 bridgehead atoms. The number of benzene rings is 2. The van der Waals surface area contributed by atoms with Crippen LogP contribution in [0.15, 0.2) is 44.4 Å². The van der Waals surface area contributed by atoms with Gasteiger partial charge in [0.2, 0.25) is 5.75 Å². The van der Waals surface area contributed by atoms with Crippen molar-refractivity contribution in [2.75, 3.05) is 0 Å². The largest absolute Gasteiger partial charge is 0.506 e. The second-order valence-electron chi connectivity index (χ2n) is 4.46. The Bertz CT molecular complexity index is 831. The number of hydrazone groups is 1. The Morgan fingerprint density at radius 3 is 2.42 bits per heavy atom. The van der Waals surface area contributed by atoms with Crippen LogP contribution in [0.5, 0.6) is 11.5 Å². The van der Waals surface area contributed by atoms with Gasteiger partial charge in [-0.15, -0.1) is 0 Å². The summed E-state index contributed by atoms with van der Waals surface area (Å²) in [6, 6.07) is 6.74. The maximum absolute atomic E-state index is 12.0. The van der Waals surface area contributed by atoms with Gasteiger partial charge in [0.25, 0.3) is 5.91 Å². The van der Waals surface area contributed by atoms with Crippen molar-refractivity contribution in [2.24, 2.45) is 5.10 Å². The van der Waals surface area contributed by atoms with Crippen LogP contribution in [0.1, 0.15) is 15.9 Å². The lowest BCUT2D eigenvalue weighted by Gasteiger charge is -2.05. The Balaban J connectivity index is 2.16. The Kier molecular flexibility index (Phi) is 5.52. The van der Waals surface area contributed by atoms with Crippen LogP contribution >= 0.6 is 31.9 Å². The molecule has 8 nitrogen and oxygen atoms in total. The van der Waals surface area contributed by atoms with Crippen LogP contribution in [-0.4, -0.2) is 27.3 Å². The van der Waals surface area contributed by atoms with Crippen molar-refractivity contribution in [3.63, 3.8) is 0 Å². The predicted molar refractivity (Wildman–Crippen MR) is 93.3 cm³/mol. The normalized spacial score (nSPS) is 10.8. The highest BCUT2D eigenvalue weighted by Gasteiger charge is 2.15. The first-order chi connectivity index (χ1) is 11.3. The molecular formula is C14H9Br2N3O5. The first-order valence-electron chi connectivity index (χ1n) is 6.29. The molecule has 2 aromatic rings. The molecule has 0 atom stereocenters. The molecule has 0 saturated carbocycles. The fourth-order valence-corrected chi connectivity index (χ4v) is 2.91. The van der Waals surface area contributed by atoms with Crippen molar-refractivity contribution in [3.8, 4) is 11.5 Å². The number of aromatic hydroxyl groups is 2. The van der Waals surface area contributed by atoms with Crippen molar-refractivity contribution in [1.82, 2.24) is 5.43 Å². The average Bonchev–Trinajstić information content (AvgIpc) is 2.53. The summed E-state index contributed by atoms with van der Waals surface area (Å²) in [4.78, 5) is 22.0. The lowest BCUT2D eigenvalue weighted by molar-refractivity contribution is -0.385. The molecule has 24 heavy (non-hydrogen) atoms. The van der Waals surface area contributed by atoms with Gasteiger partial charge in [0.05, 0.1) is 20.1 Å². The summed E-state index contributed by atoms with van der Waals surface area (Å²) in [6.45, 7) is 0.